The first-order valence-electron chi connectivity index (χ1n) is 14.8. The lowest BCUT2D eigenvalue weighted by molar-refractivity contribution is -0.109. The average Bonchev–Trinajstić information content (AvgIpc) is 3.54. The van der Waals surface area contributed by atoms with Gasteiger partial charge in [0.1, 0.15) is 19.5 Å². The minimum absolute atomic E-state index is 0.00971. The van der Waals surface area contributed by atoms with Gasteiger partial charge in [0, 0.05) is 18.4 Å². The van der Waals surface area contributed by atoms with Gasteiger partial charge in [0.25, 0.3) is 0 Å². The predicted molar refractivity (Wildman–Crippen MR) is 165 cm³/mol. The van der Waals surface area contributed by atoms with Crippen LogP contribution in [0.3, 0.4) is 0 Å². The number of hydrogen-bond acceptors (Lipinski definition) is 5. The van der Waals surface area contributed by atoms with Crippen LogP contribution in [0.4, 0.5) is 9.59 Å². The number of carbonyl (C=O) groups excluding carboxylic acids is 3. The number of nitrogens with one attached hydrogen (secondary N) is 2. The molecule has 0 aliphatic heterocycles. The largest absolute Gasteiger partial charge is 0.449 e. The first-order valence-corrected chi connectivity index (χ1v) is 14.8. The van der Waals surface area contributed by atoms with E-state index >= 15 is 0 Å². The molecule has 0 fully saturated rings. The molecule has 2 aliphatic carbocycles. The highest BCUT2D eigenvalue weighted by Gasteiger charge is 2.30. The molecule has 2 aliphatic rings. The Morgan fingerprint density at radius 1 is 0.628 bits per heavy atom. The van der Waals surface area contributed by atoms with Crippen molar-refractivity contribution < 1.29 is 23.9 Å². The normalized spacial score (nSPS) is 13.7. The van der Waals surface area contributed by atoms with Crippen LogP contribution in [-0.2, 0) is 14.3 Å². The quantitative estimate of drug-likeness (QED) is 0.152. The number of alkyl carbamates (subject to hydrolysis) is 2. The van der Waals surface area contributed by atoms with Crippen LogP contribution >= 0.6 is 0 Å². The van der Waals surface area contributed by atoms with E-state index in [1.165, 1.54) is 22.3 Å². The fourth-order valence-electron chi connectivity index (χ4n) is 6.29. The van der Waals surface area contributed by atoms with Gasteiger partial charge in [-0.2, -0.15) is 0 Å². The molecule has 0 saturated carbocycles. The van der Waals surface area contributed by atoms with E-state index in [2.05, 4.69) is 59.2 Å². The molecule has 0 radical (unpaired) electrons. The first kappa shape index (κ1) is 28.2. The molecular formula is C36H34N2O5. The van der Waals surface area contributed by atoms with Crippen LogP contribution in [0.5, 0.6) is 0 Å². The standard InChI is InChI=1S/C36H34N2O5/c39-21-24(38-36(41)43-23-34-31-18-7-3-14-27(31)28-15-4-8-19-32(28)34)11-9-10-20-37-35(40)42-22-33-29-16-5-1-12-25(29)26-13-2-6-17-30(26)33/h1-8,12-19,21,24,33-34H,9-11,20,22-23H2,(H,37,40)(H,38,41)/t24-/m0/s1. The SMILES string of the molecule is O=C[C@H](CCCCNC(=O)OCC1c2ccccc2-c2ccccc21)NC(=O)OCC1c2ccccc2-c2ccccc21. The van der Waals surface area contributed by atoms with E-state index in [4.69, 9.17) is 9.47 Å². The molecule has 0 heterocycles. The molecule has 0 spiro atoms. The van der Waals surface area contributed by atoms with Crippen molar-refractivity contribution in [3.63, 3.8) is 0 Å². The summed E-state index contributed by atoms with van der Waals surface area (Å²) in [7, 11) is 0. The summed E-state index contributed by atoms with van der Waals surface area (Å²) in [6.45, 7) is 0.861. The third-order valence-corrected chi connectivity index (χ3v) is 8.37. The Balaban J connectivity index is 0.906. The third-order valence-electron chi connectivity index (χ3n) is 8.37. The number of hydrogen-bond donors (Lipinski definition) is 2. The Labute approximate surface area is 251 Å². The molecular weight excluding hydrogens is 540 g/mol. The summed E-state index contributed by atoms with van der Waals surface area (Å²) in [6, 6.07) is 32.0. The van der Waals surface area contributed by atoms with Crippen LogP contribution in [0.25, 0.3) is 22.3 Å². The summed E-state index contributed by atoms with van der Waals surface area (Å²) in [5.41, 5.74) is 9.28. The zero-order valence-electron chi connectivity index (χ0n) is 23.8. The van der Waals surface area contributed by atoms with Gasteiger partial charge < -0.3 is 24.9 Å². The van der Waals surface area contributed by atoms with E-state index in [0.29, 0.717) is 25.8 Å². The van der Waals surface area contributed by atoms with Crippen LogP contribution in [0.15, 0.2) is 97.1 Å². The Kier molecular flexibility index (Phi) is 8.50. The van der Waals surface area contributed by atoms with E-state index in [1.807, 2.05) is 48.5 Å². The van der Waals surface area contributed by atoms with Crippen molar-refractivity contribution in [3.05, 3.63) is 119 Å². The number of benzene rings is 4. The molecule has 0 aromatic heterocycles. The third kappa shape index (κ3) is 6.02. The lowest BCUT2D eigenvalue weighted by atomic mass is 9.98. The predicted octanol–water partition coefficient (Wildman–Crippen LogP) is 6.80. The highest BCUT2D eigenvalue weighted by Crippen LogP contribution is 2.45. The van der Waals surface area contributed by atoms with Gasteiger partial charge in [-0.15, -0.1) is 0 Å². The Morgan fingerprint density at radius 3 is 1.49 bits per heavy atom. The maximum Gasteiger partial charge on any atom is 0.407 e. The lowest BCUT2D eigenvalue weighted by Crippen LogP contribution is -2.37. The summed E-state index contributed by atoms with van der Waals surface area (Å²) in [4.78, 5) is 36.6. The average molecular weight is 575 g/mol. The molecule has 4 aromatic rings. The van der Waals surface area contributed by atoms with Gasteiger partial charge in [0.05, 0.1) is 6.04 Å². The fraction of sp³-hybridized carbons (Fsp3) is 0.250. The molecule has 0 unspecified atom stereocenters. The molecule has 6 rings (SSSR count). The molecule has 0 saturated heterocycles. The highest BCUT2D eigenvalue weighted by molar-refractivity contribution is 5.80. The van der Waals surface area contributed by atoms with Crippen LogP contribution in [-0.4, -0.2) is 44.3 Å². The minimum atomic E-state index is -0.662. The number of unbranched alkanes of at least 4 members (excludes halogenated alkanes) is 1. The molecule has 43 heavy (non-hydrogen) atoms. The molecule has 7 heteroatoms. The van der Waals surface area contributed by atoms with Crippen molar-refractivity contribution in [2.75, 3.05) is 19.8 Å². The van der Waals surface area contributed by atoms with Gasteiger partial charge in [0.2, 0.25) is 0 Å². The summed E-state index contributed by atoms with van der Waals surface area (Å²) in [5.74, 6) is -0.0349. The fourth-order valence-corrected chi connectivity index (χ4v) is 6.29. The Hall–Kier alpha value is -4.91. The smallest absolute Gasteiger partial charge is 0.407 e. The monoisotopic (exact) mass is 574 g/mol. The van der Waals surface area contributed by atoms with Crippen molar-refractivity contribution >= 4 is 18.5 Å². The van der Waals surface area contributed by atoms with Crippen LogP contribution in [0.1, 0.15) is 53.4 Å². The number of carbonyl (C=O) groups is 3. The number of ether oxygens (including phenoxy) is 2. The van der Waals surface area contributed by atoms with Crippen molar-refractivity contribution in [1.82, 2.24) is 10.6 Å². The second kappa shape index (κ2) is 12.9. The van der Waals surface area contributed by atoms with E-state index in [9.17, 15) is 14.4 Å². The maximum atomic E-state index is 12.5. The second-order valence-electron chi connectivity index (χ2n) is 11.0. The van der Waals surface area contributed by atoms with Gasteiger partial charge in [-0.25, -0.2) is 9.59 Å². The molecule has 218 valence electrons. The Bertz CT molecular complexity index is 1540. The van der Waals surface area contributed by atoms with Gasteiger partial charge in [-0.05, 0) is 63.8 Å². The van der Waals surface area contributed by atoms with E-state index < -0.39 is 18.2 Å². The van der Waals surface area contributed by atoms with E-state index in [1.54, 1.807) is 0 Å². The van der Waals surface area contributed by atoms with Crippen molar-refractivity contribution in [2.45, 2.75) is 37.1 Å². The first-order chi connectivity index (χ1) is 21.1. The van der Waals surface area contributed by atoms with Crippen LogP contribution in [0.2, 0.25) is 0 Å². The maximum absolute atomic E-state index is 12.5. The minimum Gasteiger partial charge on any atom is -0.449 e. The van der Waals surface area contributed by atoms with Gasteiger partial charge >= 0.3 is 12.2 Å². The molecule has 7 nitrogen and oxygen atoms in total. The molecule has 2 N–H and O–H groups in total. The van der Waals surface area contributed by atoms with Gasteiger partial charge in [-0.3, -0.25) is 0 Å². The van der Waals surface area contributed by atoms with Crippen molar-refractivity contribution in [1.29, 1.82) is 0 Å². The van der Waals surface area contributed by atoms with Crippen molar-refractivity contribution in [3.8, 4) is 22.3 Å². The van der Waals surface area contributed by atoms with Gasteiger partial charge in [-0.1, -0.05) is 97.1 Å². The highest BCUT2D eigenvalue weighted by atomic mass is 16.6. The van der Waals surface area contributed by atoms with E-state index in [0.717, 1.165) is 28.5 Å². The summed E-state index contributed by atoms with van der Waals surface area (Å²) in [6.07, 6.45) is 1.36. The molecule has 1 atom stereocenters. The second-order valence-corrected chi connectivity index (χ2v) is 11.0. The topological polar surface area (TPSA) is 93.7 Å². The molecule has 4 aromatic carbocycles. The molecule has 2 amide bonds. The Morgan fingerprint density at radius 2 is 1.05 bits per heavy atom. The summed E-state index contributed by atoms with van der Waals surface area (Å²) >= 11 is 0. The number of rotatable bonds is 11. The summed E-state index contributed by atoms with van der Waals surface area (Å²) < 4.78 is 11.1. The number of fused-ring (bicyclic) bond motifs is 6. The van der Waals surface area contributed by atoms with Crippen LogP contribution in [0, 0.1) is 0 Å². The number of amides is 2. The summed E-state index contributed by atoms with van der Waals surface area (Å²) in [5, 5.41) is 5.46. The number of aldehydes is 1. The zero-order chi connectivity index (χ0) is 29.6. The lowest BCUT2D eigenvalue weighted by Gasteiger charge is -2.17. The van der Waals surface area contributed by atoms with Crippen molar-refractivity contribution in [2.24, 2.45) is 0 Å². The van der Waals surface area contributed by atoms with E-state index in [-0.39, 0.29) is 25.0 Å². The molecule has 0 bridgehead atoms. The zero-order valence-corrected chi connectivity index (χ0v) is 23.8. The van der Waals surface area contributed by atoms with Gasteiger partial charge in [0.15, 0.2) is 0 Å². The van der Waals surface area contributed by atoms with Crippen LogP contribution < -0.4 is 10.6 Å².